The lowest BCUT2D eigenvalue weighted by Crippen LogP contribution is -2.49. The third-order valence-electron chi connectivity index (χ3n) is 4.75. The molecule has 2 aliphatic heterocycles. The van der Waals surface area contributed by atoms with Crippen molar-refractivity contribution in [2.45, 2.75) is 38.2 Å². The van der Waals surface area contributed by atoms with Crippen molar-refractivity contribution in [1.29, 1.82) is 0 Å². The van der Waals surface area contributed by atoms with Crippen molar-refractivity contribution in [3.05, 3.63) is 0 Å². The van der Waals surface area contributed by atoms with E-state index in [9.17, 15) is 8.78 Å². The van der Waals surface area contributed by atoms with Crippen LogP contribution in [0, 0.1) is 17.8 Å². The SMILES string of the molecule is CC(C)C12CCCN1CC1C2C1(F)F. The highest BCUT2D eigenvalue weighted by molar-refractivity contribution is 5.26. The number of nitrogens with zero attached hydrogens (tertiary/aromatic N) is 1. The predicted molar refractivity (Wildman–Crippen MR) is 50.3 cm³/mol. The number of fused-ring (bicyclic) bond motifs is 3. The van der Waals surface area contributed by atoms with Gasteiger partial charge in [-0.3, -0.25) is 4.90 Å². The van der Waals surface area contributed by atoms with Crippen molar-refractivity contribution in [3.63, 3.8) is 0 Å². The van der Waals surface area contributed by atoms with E-state index < -0.39 is 5.92 Å². The minimum atomic E-state index is -2.34. The zero-order valence-electron chi connectivity index (χ0n) is 8.76. The summed E-state index contributed by atoms with van der Waals surface area (Å²) in [6.07, 6.45) is 2.10. The number of hydrogen-bond acceptors (Lipinski definition) is 1. The molecule has 0 bridgehead atoms. The van der Waals surface area contributed by atoms with Gasteiger partial charge in [0.1, 0.15) is 0 Å². The fraction of sp³-hybridized carbons (Fsp3) is 1.00. The second kappa shape index (κ2) is 2.31. The summed E-state index contributed by atoms with van der Waals surface area (Å²) in [7, 11) is 0. The van der Waals surface area contributed by atoms with Crippen molar-refractivity contribution in [2.75, 3.05) is 13.1 Å². The van der Waals surface area contributed by atoms with Gasteiger partial charge in [-0.1, -0.05) is 13.8 Å². The van der Waals surface area contributed by atoms with Crippen LogP contribution in [0.25, 0.3) is 0 Å². The largest absolute Gasteiger partial charge is 0.296 e. The Balaban J connectivity index is 1.98. The molecule has 3 aliphatic rings. The van der Waals surface area contributed by atoms with Gasteiger partial charge in [0.15, 0.2) is 0 Å². The van der Waals surface area contributed by atoms with E-state index in [1.165, 1.54) is 0 Å². The van der Waals surface area contributed by atoms with Crippen LogP contribution in [0.15, 0.2) is 0 Å². The summed E-state index contributed by atoms with van der Waals surface area (Å²) in [5.41, 5.74) is -0.145. The molecular weight excluding hydrogens is 184 g/mol. The van der Waals surface area contributed by atoms with E-state index in [-0.39, 0.29) is 17.4 Å². The van der Waals surface area contributed by atoms with Gasteiger partial charge < -0.3 is 0 Å². The second-order valence-electron chi connectivity index (χ2n) is 5.45. The predicted octanol–water partition coefficient (Wildman–Crippen LogP) is 2.37. The third-order valence-corrected chi connectivity index (χ3v) is 4.75. The molecule has 2 heterocycles. The van der Waals surface area contributed by atoms with Crippen LogP contribution < -0.4 is 0 Å². The highest BCUT2D eigenvalue weighted by Crippen LogP contribution is 2.70. The highest BCUT2D eigenvalue weighted by Gasteiger charge is 2.81. The second-order valence-corrected chi connectivity index (χ2v) is 5.45. The van der Waals surface area contributed by atoms with Gasteiger partial charge in [0.05, 0.1) is 5.92 Å². The van der Waals surface area contributed by atoms with Gasteiger partial charge in [-0.15, -0.1) is 0 Å². The Morgan fingerprint density at radius 3 is 2.71 bits per heavy atom. The van der Waals surface area contributed by atoms with Gasteiger partial charge >= 0.3 is 0 Å². The average molecular weight is 201 g/mol. The molecule has 0 amide bonds. The van der Waals surface area contributed by atoms with Crippen LogP contribution in [0.5, 0.6) is 0 Å². The Hall–Kier alpha value is -0.180. The zero-order valence-corrected chi connectivity index (χ0v) is 8.76. The van der Waals surface area contributed by atoms with Crippen molar-refractivity contribution in [1.82, 2.24) is 4.90 Å². The van der Waals surface area contributed by atoms with E-state index >= 15 is 0 Å². The summed E-state index contributed by atoms with van der Waals surface area (Å²) in [5.74, 6) is -2.61. The van der Waals surface area contributed by atoms with Crippen molar-refractivity contribution in [3.8, 4) is 0 Å². The molecular formula is C11H17F2N. The minimum absolute atomic E-state index is 0.145. The molecule has 14 heavy (non-hydrogen) atoms. The van der Waals surface area contributed by atoms with Crippen LogP contribution in [0.3, 0.4) is 0 Å². The van der Waals surface area contributed by atoms with Crippen LogP contribution in [-0.2, 0) is 0 Å². The lowest BCUT2D eigenvalue weighted by molar-refractivity contribution is -0.0101. The molecule has 3 unspecified atom stereocenters. The fourth-order valence-corrected chi connectivity index (χ4v) is 4.08. The Labute approximate surface area is 83.5 Å². The number of alkyl halides is 2. The fourth-order valence-electron chi connectivity index (χ4n) is 4.08. The first-order valence-electron chi connectivity index (χ1n) is 5.64. The summed E-state index contributed by atoms with van der Waals surface area (Å²) < 4.78 is 26.9. The molecule has 3 heteroatoms. The lowest BCUT2D eigenvalue weighted by atomic mass is 9.80. The first kappa shape index (κ1) is 9.08. The molecule has 0 aromatic carbocycles. The van der Waals surface area contributed by atoms with E-state index in [0.29, 0.717) is 12.5 Å². The molecule has 0 aromatic rings. The van der Waals surface area contributed by atoms with E-state index in [2.05, 4.69) is 18.7 Å². The Morgan fingerprint density at radius 2 is 2.07 bits per heavy atom. The Bertz CT molecular complexity index is 276. The Morgan fingerprint density at radius 1 is 1.36 bits per heavy atom. The number of rotatable bonds is 1. The van der Waals surface area contributed by atoms with Crippen LogP contribution in [-0.4, -0.2) is 29.5 Å². The molecule has 0 radical (unpaired) electrons. The Kier molecular flexibility index (Phi) is 1.50. The zero-order chi connectivity index (χ0) is 10.1. The molecule has 80 valence electrons. The molecule has 1 saturated carbocycles. The minimum Gasteiger partial charge on any atom is -0.296 e. The standard InChI is InChI=1S/C11H17F2N/c1-7(2)10-4-3-5-14(10)6-8-9(10)11(8,12)13/h7-9H,3-6H2,1-2H3. The topological polar surface area (TPSA) is 3.24 Å². The third kappa shape index (κ3) is 0.755. The van der Waals surface area contributed by atoms with Gasteiger partial charge in [0, 0.05) is 18.0 Å². The normalized spacial score (nSPS) is 49.5. The molecule has 0 spiro atoms. The van der Waals surface area contributed by atoms with Crippen molar-refractivity contribution >= 4 is 0 Å². The lowest BCUT2D eigenvalue weighted by Gasteiger charge is -2.39. The maximum Gasteiger partial charge on any atom is 0.257 e. The van der Waals surface area contributed by atoms with E-state index in [0.717, 1.165) is 19.4 Å². The first-order chi connectivity index (χ1) is 6.51. The molecule has 1 aliphatic carbocycles. The monoisotopic (exact) mass is 201 g/mol. The van der Waals surface area contributed by atoms with Gasteiger partial charge in [0.2, 0.25) is 0 Å². The van der Waals surface area contributed by atoms with Gasteiger partial charge in [-0.25, -0.2) is 8.78 Å². The summed E-state index contributed by atoms with van der Waals surface area (Å²) in [4.78, 5) is 2.34. The maximum absolute atomic E-state index is 13.5. The summed E-state index contributed by atoms with van der Waals surface area (Å²) in [6, 6.07) is 0. The smallest absolute Gasteiger partial charge is 0.257 e. The average Bonchev–Trinajstić information content (AvgIpc) is 2.49. The summed E-state index contributed by atoms with van der Waals surface area (Å²) in [6.45, 7) is 5.90. The highest BCUT2D eigenvalue weighted by atomic mass is 19.3. The molecule has 1 nitrogen and oxygen atoms in total. The molecule has 0 aromatic heterocycles. The van der Waals surface area contributed by atoms with Crippen molar-refractivity contribution < 1.29 is 8.78 Å². The number of piperidine rings is 1. The van der Waals surface area contributed by atoms with Gasteiger partial charge in [-0.05, 0) is 25.3 Å². The number of hydrogen-bond donors (Lipinski definition) is 0. The van der Waals surface area contributed by atoms with Gasteiger partial charge in [-0.2, -0.15) is 0 Å². The van der Waals surface area contributed by atoms with E-state index in [1.807, 2.05) is 0 Å². The summed E-state index contributed by atoms with van der Waals surface area (Å²) in [5, 5.41) is 0. The van der Waals surface area contributed by atoms with E-state index in [1.54, 1.807) is 0 Å². The quantitative estimate of drug-likeness (QED) is 0.629. The van der Waals surface area contributed by atoms with Crippen LogP contribution in [0.4, 0.5) is 8.78 Å². The molecule has 3 fully saturated rings. The molecule has 0 N–H and O–H groups in total. The van der Waals surface area contributed by atoms with E-state index in [4.69, 9.17) is 0 Å². The molecule has 3 rings (SSSR count). The molecule has 3 atom stereocenters. The van der Waals surface area contributed by atoms with Crippen LogP contribution >= 0.6 is 0 Å². The van der Waals surface area contributed by atoms with Gasteiger partial charge in [0.25, 0.3) is 5.92 Å². The maximum atomic E-state index is 13.5. The molecule has 2 saturated heterocycles. The van der Waals surface area contributed by atoms with Crippen LogP contribution in [0.2, 0.25) is 0 Å². The van der Waals surface area contributed by atoms with Crippen LogP contribution in [0.1, 0.15) is 26.7 Å². The van der Waals surface area contributed by atoms with Crippen molar-refractivity contribution in [2.24, 2.45) is 17.8 Å². The number of halogens is 2. The summed E-state index contributed by atoms with van der Waals surface area (Å²) >= 11 is 0. The first-order valence-corrected chi connectivity index (χ1v) is 5.64.